The lowest BCUT2D eigenvalue weighted by Gasteiger charge is -2.25. The average Bonchev–Trinajstić information content (AvgIpc) is 3.33. The highest BCUT2D eigenvalue weighted by atomic mass is 79.9. The first-order valence-corrected chi connectivity index (χ1v) is 15.8. The number of rotatable bonds is 10. The summed E-state index contributed by atoms with van der Waals surface area (Å²) < 4.78 is 30.6. The van der Waals surface area contributed by atoms with Gasteiger partial charge in [-0.05, 0) is 88.9 Å². The van der Waals surface area contributed by atoms with E-state index in [1.165, 1.54) is 23.0 Å². The summed E-state index contributed by atoms with van der Waals surface area (Å²) in [5.41, 5.74) is 2.71. The maximum Gasteiger partial charge on any atom is 0.338 e. The van der Waals surface area contributed by atoms with Crippen molar-refractivity contribution in [1.82, 2.24) is 4.57 Å². The Kier molecular flexibility index (Phi) is 10.0. The van der Waals surface area contributed by atoms with Crippen LogP contribution in [0.1, 0.15) is 36.6 Å². The molecule has 5 rings (SSSR count). The van der Waals surface area contributed by atoms with Crippen LogP contribution >= 0.6 is 38.9 Å². The van der Waals surface area contributed by atoms with E-state index in [1.807, 2.05) is 18.2 Å². The maximum absolute atomic E-state index is 14.1. The lowest BCUT2D eigenvalue weighted by Crippen LogP contribution is -2.40. The zero-order valence-corrected chi connectivity index (χ0v) is 28.3. The van der Waals surface area contributed by atoms with Gasteiger partial charge in [-0.15, -0.1) is 0 Å². The number of aromatic nitrogens is 1. The van der Waals surface area contributed by atoms with Crippen molar-refractivity contribution in [2.24, 2.45) is 4.99 Å². The molecule has 0 saturated carbocycles. The number of esters is 1. The number of thiazole rings is 1. The number of allylic oxidation sites excluding steroid dienone is 1. The molecule has 0 unspecified atom stereocenters. The van der Waals surface area contributed by atoms with Gasteiger partial charge >= 0.3 is 5.97 Å². The minimum atomic E-state index is -0.799. The molecule has 0 radical (unpaired) electrons. The quantitative estimate of drug-likeness (QED) is 0.191. The van der Waals surface area contributed by atoms with E-state index in [4.69, 9.17) is 35.3 Å². The van der Waals surface area contributed by atoms with Crippen molar-refractivity contribution < 1.29 is 28.5 Å². The number of nitrogens with zero attached hydrogens (tertiary/aromatic N) is 2. The fourth-order valence-corrected chi connectivity index (χ4v) is 6.73. The van der Waals surface area contributed by atoms with E-state index in [0.29, 0.717) is 65.3 Å². The Bertz CT molecular complexity index is 1970. The minimum absolute atomic E-state index is 0.175. The molecular weight excluding hydrogens is 684 g/mol. The Morgan fingerprint density at radius 2 is 1.73 bits per heavy atom. The monoisotopic (exact) mass is 712 g/mol. The Morgan fingerprint density at radius 1 is 1.02 bits per heavy atom. The minimum Gasteiger partial charge on any atom is -0.493 e. The highest BCUT2D eigenvalue weighted by Gasteiger charge is 2.34. The molecule has 1 atom stereocenters. The normalized spacial score (nSPS) is 14.5. The van der Waals surface area contributed by atoms with Crippen LogP contribution in [0.15, 0.2) is 80.1 Å². The number of halogens is 2. The summed E-state index contributed by atoms with van der Waals surface area (Å²) in [4.78, 5) is 32.4. The number of carbonyl (C=O) groups excluding carboxylic acids is 1. The van der Waals surface area contributed by atoms with E-state index in [1.54, 1.807) is 70.5 Å². The zero-order valence-electron chi connectivity index (χ0n) is 25.2. The molecule has 234 valence electrons. The number of fused-ring (bicyclic) bond motifs is 1. The summed E-state index contributed by atoms with van der Waals surface area (Å²) in [5, 5.41) is 0.648. The summed E-state index contributed by atoms with van der Waals surface area (Å²) in [6.45, 7) is 3.95. The van der Waals surface area contributed by atoms with Gasteiger partial charge in [-0.1, -0.05) is 41.1 Å². The van der Waals surface area contributed by atoms with Crippen LogP contribution in [0.5, 0.6) is 23.0 Å². The van der Waals surface area contributed by atoms with Crippen LogP contribution in [-0.2, 0) is 16.1 Å². The maximum atomic E-state index is 14.1. The highest BCUT2D eigenvalue weighted by Crippen LogP contribution is 2.38. The van der Waals surface area contributed by atoms with Gasteiger partial charge in [0.05, 0.1) is 54.3 Å². The first-order chi connectivity index (χ1) is 21.7. The van der Waals surface area contributed by atoms with Crippen molar-refractivity contribution in [3.05, 3.63) is 112 Å². The molecule has 12 heteroatoms. The van der Waals surface area contributed by atoms with Crippen molar-refractivity contribution >= 4 is 50.9 Å². The van der Waals surface area contributed by atoms with Gasteiger partial charge in [0, 0.05) is 5.02 Å². The molecule has 3 aromatic carbocycles. The predicted octanol–water partition coefficient (Wildman–Crippen LogP) is 5.82. The second kappa shape index (κ2) is 13.9. The molecule has 0 amide bonds. The summed E-state index contributed by atoms with van der Waals surface area (Å²) in [5.74, 6) is 1.45. The van der Waals surface area contributed by atoms with Crippen LogP contribution in [0.25, 0.3) is 6.08 Å². The van der Waals surface area contributed by atoms with E-state index in [2.05, 4.69) is 20.9 Å². The molecule has 0 aliphatic carbocycles. The summed E-state index contributed by atoms with van der Waals surface area (Å²) in [7, 11) is 4.62. The molecule has 9 nitrogen and oxygen atoms in total. The average molecular weight is 714 g/mol. The number of ether oxygens (including phenoxy) is 5. The third-order valence-electron chi connectivity index (χ3n) is 7.09. The van der Waals surface area contributed by atoms with Crippen LogP contribution in [0, 0.1) is 0 Å². The topological polar surface area (TPSA) is 97.6 Å². The highest BCUT2D eigenvalue weighted by molar-refractivity contribution is 9.10. The Morgan fingerprint density at radius 3 is 2.40 bits per heavy atom. The van der Waals surface area contributed by atoms with Gasteiger partial charge in [-0.25, -0.2) is 9.79 Å². The van der Waals surface area contributed by atoms with Gasteiger partial charge in [0.2, 0.25) is 0 Å². The summed E-state index contributed by atoms with van der Waals surface area (Å²) in [6.07, 6.45) is 1.76. The molecule has 1 aromatic heterocycles. The molecule has 2 heterocycles. The number of methoxy groups -OCH3 is 3. The van der Waals surface area contributed by atoms with Gasteiger partial charge < -0.3 is 23.7 Å². The zero-order chi connectivity index (χ0) is 32.2. The summed E-state index contributed by atoms with van der Waals surface area (Å²) >= 11 is 10.8. The Balaban J connectivity index is 1.59. The fraction of sp³-hybridized carbons (Fsp3) is 0.242. The SMILES string of the molecule is CCOC(=O)C1=C(C)N=c2s/c(=C\c3cc(Br)c(OCc4ccc(Cl)cc4)c(OC)c3)c(=O)n2[C@@H]1c1ccc(OC)c(OC)c1. The van der Waals surface area contributed by atoms with Crippen molar-refractivity contribution in [3.63, 3.8) is 0 Å². The van der Waals surface area contributed by atoms with Crippen LogP contribution in [-0.4, -0.2) is 38.5 Å². The second-order valence-corrected chi connectivity index (χ2v) is 12.2. The van der Waals surface area contributed by atoms with Gasteiger partial charge in [0.15, 0.2) is 27.8 Å². The lowest BCUT2D eigenvalue weighted by atomic mass is 9.95. The van der Waals surface area contributed by atoms with Crippen molar-refractivity contribution in [2.75, 3.05) is 27.9 Å². The predicted molar refractivity (Wildman–Crippen MR) is 176 cm³/mol. The van der Waals surface area contributed by atoms with E-state index in [9.17, 15) is 9.59 Å². The number of carbonyl (C=O) groups is 1. The van der Waals surface area contributed by atoms with Gasteiger partial charge in [0.25, 0.3) is 5.56 Å². The van der Waals surface area contributed by atoms with E-state index in [-0.39, 0.29) is 17.7 Å². The Labute approximate surface area is 277 Å². The number of hydrogen-bond acceptors (Lipinski definition) is 9. The number of benzene rings is 3. The molecule has 1 aliphatic rings. The molecule has 0 N–H and O–H groups in total. The smallest absolute Gasteiger partial charge is 0.338 e. The largest absolute Gasteiger partial charge is 0.493 e. The van der Waals surface area contributed by atoms with Gasteiger partial charge in [-0.2, -0.15) is 0 Å². The second-order valence-electron chi connectivity index (χ2n) is 9.87. The molecule has 0 bridgehead atoms. The van der Waals surface area contributed by atoms with Crippen molar-refractivity contribution in [2.45, 2.75) is 26.5 Å². The third-order valence-corrected chi connectivity index (χ3v) is 8.91. The van der Waals surface area contributed by atoms with Gasteiger partial charge in [0.1, 0.15) is 6.61 Å². The van der Waals surface area contributed by atoms with Crippen LogP contribution in [0.4, 0.5) is 0 Å². The van der Waals surface area contributed by atoms with Crippen LogP contribution < -0.4 is 33.8 Å². The van der Waals surface area contributed by atoms with Crippen LogP contribution in [0.2, 0.25) is 5.02 Å². The first-order valence-electron chi connectivity index (χ1n) is 13.8. The molecule has 0 fully saturated rings. The Hall–Kier alpha value is -4.06. The molecule has 1 aliphatic heterocycles. The fourth-order valence-electron chi connectivity index (χ4n) is 4.98. The summed E-state index contributed by atoms with van der Waals surface area (Å²) in [6, 6.07) is 15.5. The first kappa shape index (κ1) is 32.3. The number of hydrogen-bond donors (Lipinski definition) is 0. The standard InChI is InChI=1S/C33H30BrClN2O7S/c1-6-43-32(39)28-18(2)36-33-37(29(28)21-9-12-24(40-3)25(16-21)41-4)31(38)27(45-33)15-20-13-23(34)30(26(14-20)42-5)44-17-19-7-10-22(35)11-8-19/h7-16,29H,6,17H2,1-5H3/b27-15-/t29-/m1/s1. The van der Waals surface area contributed by atoms with Crippen molar-refractivity contribution in [1.29, 1.82) is 0 Å². The lowest BCUT2D eigenvalue weighted by molar-refractivity contribution is -0.139. The van der Waals surface area contributed by atoms with Crippen molar-refractivity contribution in [3.8, 4) is 23.0 Å². The van der Waals surface area contributed by atoms with E-state index in [0.717, 1.165) is 5.56 Å². The van der Waals surface area contributed by atoms with E-state index >= 15 is 0 Å². The molecule has 4 aromatic rings. The molecule has 0 saturated heterocycles. The van der Waals surface area contributed by atoms with Crippen LogP contribution in [0.3, 0.4) is 0 Å². The third kappa shape index (κ3) is 6.66. The molecule has 0 spiro atoms. The van der Waals surface area contributed by atoms with Gasteiger partial charge in [-0.3, -0.25) is 9.36 Å². The molecular formula is C33H30BrClN2O7S. The van der Waals surface area contributed by atoms with E-state index < -0.39 is 12.0 Å². The molecule has 45 heavy (non-hydrogen) atoms.